The molecule has 0 aliphatic carbocycles. The second kappa shape index (κ2) is 6.51. The quantitative estimate of drug-likeness (QED) is 0.504. The minimum atomic E-state index is -4.00. The Labute approximate surface area is 157 Å². The molecule has 4 aromatic rings. The molecule has 4 rings (SSSR count). The summed E-state index contributed by atoms with van der Waals surface area (Å²) in [5.41, 5.74) is 3.37. The summed E-state index contributed by atoms with van der Waals surface area (Å²) in [6.07, 6.45) is 1.63. The fraction of sp³-hybridized carbons (Fsp3) is 0.100. The van der Waals surface area contributed by atoms with Gasteiger partial charge in [-0.05, 0) is 50.2 Å². The highest BCUT2D eigenvalue weighted by molar-refractivity contribution is 7.87. The lowest BCUT2D eigenvalue weighted by molar-refractivity contribution is 0.475. The predicted molar refractivity (Wildman–Crippen MR) is 103 cm³/mol. The Morgan fingerprint density at radius 2 is 1.52 bits per heavy atom. The van der Waals surface area contributed by atoms with Gasteiger partial charge in [-0.2, -0.15) is 8.42 Å². The molecule has 0 aliphatic rings. The second-order valence-electron chi connectivity index (χ2n) is 6.28. The van der Waals surface area contributed by atoms with E-state index in [0.29, 0.717) is 11.0 Å². The molecule has 0 radical (unpaired) electrons. The maximum Gasteiger partial charge on any atom is 0.340 e. The van der Waals surface area contributed by atoms with Gasteiger partial charge >= 0.3 is 10.1 Å². The average Bonchev–Trinajstić information content (AvgIpc) is 3.01. The van der Waals surface area contributed by atoms with Gasteiger partial charge in [-0.15, -0.1) is 5.10 Å². The number of aryl methyl sites for hydroxylation is 2. The van der Waals surface area contributed by atoms with E-state index in [-0.39, 0.29) is 10.8 Å². The largest absolute Gasteiger partial charge is 0.356 e. The van der Waals surface area contributed by atoms with Crippen LogP contribution in [0.25, 0.3) is 16.7 Å². The molecule has 0 aliphatic heterocycles. The minimum Gasteiger partial charge on any atom is -0.356 e. The van der Waals surface area contributed by atoms with Crippen LogP contribution in [-0.4, -0.2) is 23.2 Å². The molecule has 6 nitrogen and oxygen atoms in total. The van der Waals surface area contributed by atoms with Crippen molar-refractivity contribution in [3.8, 4) is 11.6 Å². The zero-order valence-electron chi connectivity index (χ0n) is 14.8. The fourth-order valence-electron chi connectivity index (χ4n) is 2.71. The molecule has 0 fully saturated rings. The van der Waals surface area contributed by atoms with Crippen LogP contribution in [0.2, 0.25) is 0 Å². The number of benzene rings is 2. The van der Waals surface area contributed by atoms with Crippen molar-refractivity contribution >= 4 is 21.2 Å². The molecule has 7 heteroatoms. The molecule has 0 atom stereocenters. The van der Waals surface area contributed by atoms with Crippen molar-refractivity contribution in [2.24, 2.45) is 0 Å². The summed E-state index contributed by atoms with van der Waals surface area (Å²) in [7, 11) is -4.00. The lowest BCUT2D eigenvalue weighted by Crippen LogP contribution is -2.10. The number of nitrogens with zero attached hydrogens (tertiary/aromatic N) is 3. The summed E-state index contributed by atoms with van der Waals surface area (Å²) in [5, 5.41) is 4.89. The van der Waals surface area contributed by atoms with E-state index in [4.69, 9.17) is 4.18 Å². The average molecular weight is 379 g/mol. The number of hydrogen-bond donors (Lipinski definition) is 0. The first-order chi connectivity index (χ1) is 12.9. The number of pyridine rings is 1. The third kappa shape index (κ3) is 3.29. The van der Waals surface area contributed by atoms with E-state index in [2.05, 4.69) is 10.1 Å². The highest BCUT2D eigenvalue weighted by Gasteiger charge is 2.22. The first-order valence-electron chi connectivity index (χ1n) is 8.36. The number of fused-ring (bicyclic) bond motifs is 1. The van der Waals surface area contributed by atoms with Gasteiger partial charge in [0.15, 0.2) is 5.65 Å². The molecular weight excluding hydrogens is 362 g/mol. The van der Waals surface area contributed by atoms with Crippen molar-refractivity contribution in [2.75, 3.05) is 0 Å². The molecule has 2 heterocycles. The van der Waals surface area contributed by atoms with Crippen molar-refractivity contribution < 1.29 is 12.6 Å². The van der Waals surface area contributed by atoms with Crippen molar-refractivity contribution in [1.82, 2.24) is 14.8 Å². The summed E-state index contributed by atoms with van der Waals surface area (Å²) in [4.78, 5) is 4.42. The summed E-state index contributed by atoms with van der Waals surface area (Å²) in [6, 6.07) is 17.6. The molecule has 0 saturated carbocycles. The van der Waals surface area contributed by atoms with E-state index in [1.54, 1.807) is 35.1 Å². The van der Waals surface area contributed by atoms with Crippen LogP contribution in [0.4, 0.5) is 0 Å². The van der Waals surface area contributed by atoms with Crippen LogP contribution in [0, 0.1) is 13.8 Å². The Hall–Kier alpha value is -3.19. The predicted octanol–water partition coefficient (Wildman–Crippen LogP) is 3.81. The maximum absolute atomic E-state index is 12.7. The van der Waals surface area contributed by atoms with Crippen molar-refractivity contribution in [3.05, 3.63) is 78.0 Å². The molecule has 0 unspecified atom stereocenters. The molecule has 0 N–H and O–H groups in total. The Morgan fingerprint density at radius 1 is 0.889 bits per heavy atom. The molecule has 0 bridgehead atoms. The van der Waals surface area contributed by atoms with Gasteiger partial charge in [0.25, 0.3) is 5.88 Å². The Bertz CT molecular complexity index is 1210. The van der Waals surface area contributed by atoms with Crippen LogP contribution < -0.4 is 4.18 Å². The molecule has 0 saturated heterocycles. The minimum absolute atomic E-state index is 0.000694. The van der Waals surface area contributed by atoms with Gasteiger partial charge in [0.05, 0.1) is 11.1 Å². The Balaban J connectivity index is 1.81. The van der Waals surface area contributed by atoms with E-state index in [1.807, 2.05) is 38.1 Å². The summed E-state index contributed by atoms with van der Waals surface area (Å²) >= 11 is 0. The van der Waals surface area contributed by atoms with Crippen molar-refractivity contribution in [3.63, 3.8) is 0 Å². The molecule has 27 heavy (non-hydrogen) atoms. The molecule has 2 aromatic heterocycles. The van der Waals surface area contributed by atoms with Crippen LogP contribution in [0.1, 0.15) is 11.1 Å². The highest BCUT2D eigenvalue weighted by Crippen LogP contribution is 2.28. The number of rotatable bonds is 4. The molecule has 0 amide bonds. The van der Waals surface area contributed by atoms with Crippen LogP contribution in [-0.2, 0) is 10.1 Å². The van der Waals surface area contributed by atoms with Gasteiger partial charge < -0.3 is 4.18 Å². The lowest BCUT2D eigenvalue weighted by Gasteiger charge is -2.05. The van der Waals surface area contributed by atoms with E-state index in [1.165, 1.54) is 12.1 Å². The Morgan fingerprint density at radius 3 is 2.19 bits per heavy atom. The zero-order chi connectivity index (χ0) is 19.0. The number of hydrogen-bond acceptors (Lipinski definition) is 5. The first kappa shape index (κ1) is 17.2. The normalized spacial score (nSPS) is 11.6. The standard InChI is InChI=1S/C20H17N3O3S/c1-14-5-9-16(10-6-14)23-19-18(4-3-13-21-19)20(22-23)26-27(24,25)17-11-7-15(2)8-12-17/h3-13H,1-2H3. The SMILES string of the molecule is Cc1ccc(-n2nc(OS(=O)(=O)c3ccc(C)cc3)c3cccnc32)cc1. The van der Waals surface area contributed by atoms with Gasteiger partial charge in [0.2, 0.25) is 0 Å². The molecular formula is C20H17N3O3S. The zero-order valence-corrected chi connectivity index (χ0v) is 15.6. The van der Waals surface area contributed by atoms with Gasteiger partial charge in [-0.3, -0.25) is 0 Å². The maximum atomic E-state index is 12.7. The van der Waals surface area contributed by atoms with Crippen LogP contribution >= 0.6 is 0 Å². The number of aromatic nitrogens is 3. The fourth-order valence-corrected chi connectivity index (χ4v) is 3.61. The van der Waals surface area contributed by atoms with E-state index >= 15 is 0 Å². The van der Waals surface area contributed by atoms with Crippen molar-refractivity contribution in [2.45, 2.75) is 18.7 Å². The van der Waals surface area contributed by atoms with Crippen LogP contribution in [0.3, 0.4) is 0 Å². The van der Waals surface area contributed by atoms with Crippen molar-refractivity contribution in [1.29, 1.82) is 0 Å². The Kier molecular flexibility index (Phi) is 4.16. The van der Waals surface area contributed by atoms with Gasteiger partial charge in [0.1, 0.15) is 4.90 Å². The molecule has 2 aromatic carbocycles. The molecule has 0 spiro atoms. The van der Waals surface area contributed by atoms with E-state index < -0.39 is 10.1 Å². The summed E-state index contributed by atoms with van der Waals surface area (Å²) in [6.45, 7) is 3.88. The summed E-state index contributed by atoms with van der Waals surface area (Å²) < 4.78 is 32.3. The van der Waals surface area contributed by atoms with Gasteiger partial charge in [0, 0.05) is 6.20 Å². The van der Waals surface area contributed by atoms with Crippen LogP contribution in [0.5, 0.6) is 5.88 Å². The smallest absolute Gasteiger partial charge is 0.340 e. The molecule has 136 valence electrons. The monoisotopic (exact) mass is 379 g/mol. The summed E-state index contributed by atoms with van der Waals surface area (Å²) in [5.74, 6) is -0.000694. The second-order valence-corrected chi connectivity index (χ2v) is 7.82. The first-order valence-corrected chi connectivity index (χ1v) is 9.77. The third-order valence-electron chi connectivity index (χ3n) is 4.19. The van der Waals surface area contributed by atoms with E-state index in [9.17, 15) is 8.42 Å². The van der Waals surface area contributed by atoms with Gasteiger partial charge in [-0.1, -0.05) is 35.4 Å². The highest BCUT2D eigenvalue weighted by atomic mass is 32.2. The van der Waals surface area contributed by atoms with Crippen LogP contribution in [0.15, 0.2) is 71.8 Å². The topological polar surface area (TPSA) is 74.1 Å². The lowest BCUT2D eigenvalue weighted by atomic mass is 10.2. The van der Waals surface area contributed by atoms with E-state index in [0.717, 1.165) is 16.8 Å². The third-order valence-corrected chi connectivity index (χ3v) is 5.41. The van der Waals surface area contributed by atoms with Gasteiger partial charge in [-0.25, -0.2) is 9.67 Å².